The molecule has 0 radical (unpaired) electrons. The number of hydrogen-bond donors (Lipinski definition) is 1. The summed E-state index contributed by atoms with van der Waals surface area (Å²) in [5, 5.41) is 3.33. The Balaban J connectivity index is 1.57. The molecule has 4 nitrogen and oxygen atoms in total. The second kappa shape index (κ2) is 5.57. The van der Waals surface area contributed by atoms with E-state index in [2.05, 4.69) is 15.1 Å². The molecule has 3 rings (SSSR count). The summed E-state index contributed by atoms with van der Waals surface area (Å²) in [6, 6.07) is 0.744. The Morgan fingerprint density at radius 1 is 1.00 bits per heavy atom. The first kappa shape index (κ1) is 12.4. The van der Waals surface area contributed by atoms with E-state index in [1.165, 1.54) is 38.8 Å². The van der Waals surface area contributed by atoms with Crippen LogP contribution in [0.3, 0.4) is 0 Å². The molecule has 18 heavy (non-hydrogen) atoms. The predicted molar refractivity (Wildman–Crippen MR) is 71.4 cm³/mol. The number of hydrogen-bond acceptors (Lipinski definition) is 3. The van der Waals surface area contributed by atoms with Crippen LogP contribution in [0.25, 0.3) is 0 Å². The zero-order valence-electron chi connectivity index (χ0n) is 11.2. The van der Waals surface area contributed by atoms with Crippen molar-refractivity contribution in [2.75, 3.05) is 32.7 Å². The standard InChI is InChI=1S/C14H25N3O/c18-14(13-6-3-7-15-13)17-10-4-5-12(11-17)16-8-1-2-9-16/h12-13,15H,1-11H2/t12?,13-/m0/s1. The van der Waals surface area contributed by atoms with Gasteiger partial charge < -0.3 is 10.2 Å². The van der Waals surface area contributed by atoms with Crippen LogP contribution >= 0.6 is 0 Å². The van der Waals surface area contributed by atoms with Crippen molar-refractivity contribution in [2.45, 2.75) is 50.6 Å². The minimum atomic E-state index is 0.113. The maximum atomic E-state index is 12.4. The lowest BCUT2D eigenvalue weighted by Gasteiger charge is -2.38. The molecule has 0 aromatic carbocycles. The van der Waals surface area contributed by atoms with Crippen LogP contribution in [0.4, 0.5) is 0 Å². The van der Waals surface area contributed by atoms with Crippen molar-refractivity contribution >= 4 is 5.91 Å². The van der Waals surface area contributed by atoms with E-state index >= 15 is 0 Å². The Labute approximate surface area is 110 Å². The summed E-state index contributed by atoms with van der Waals surface area (Å²) in [6.07, 6.45) is 7.33. The number of carbonyl (C=O) groups is 1. The fraction of sp³-hybridized carbons (Fsp3) is 0.929. The summed E-state index contributed by atoms with van der Waals surface area (Å²) in [4.78, 5) is 17.1. The molecule has 1 N–H and O–H groups in total. The largest absolute Gasteiger partial charge is 0.340 e. The second-order valence-corrected chi connectivity index (χ2v) is 5.97. The van der Waals surface area contributed by atoms with E-state index in [0.29, 0.717) is 11.9 Å². The van der Waals surface area contributed by atoms with Gasteiger partial charge >= 0.3 is 0 Å². The van der Waals surface area contributed by atoms with Gasteiger partial charge in [-0.05, 0) is 58.2 Å². The van der Waals surface area contributed by atoms with Crippen molar-refractivity contribution in [2.24, 2.45) is 0 Å². The lowest BCUT2D eigenvalue weighted by Crippen LogP contribution is -2.52. The molecule has 102 valence electrons. The Bertz CT molecular complexity index is 295. The molecule has 1 unspecified atom stereocenters. The highest BCUT2D eigenvalue weighted by atomic mass is 16.2. The Hall–Kier alpha value is -0.610. The van der Waals surface area contributed by atoms with Crippen LogP contribution < -0.4 is 5.32 Å². The number of nitrogens with one attached hydrogen (secondary N) is 1. The van der Waals surface area contributed by atoms with E-state index in [9.17, 15) is 4.79 Å². The molecule has 0 aromatic heterocycles. The molecule has 3 aliphatic rings. The highest BCUT2D eigenvalue weighted by Crippen LogP contribution is 2.21. The summed E-state index contributed by atoms with van der Waals surface area (Å²) in [5.74, 6) is 0.358. The Kier molecular flexibility index (Phi) is 3.85. The fourth-order valence-electron chi connectivity index (χ4n) is 3.68. The van der Waals surface area contributed by atoms with Gasteiger partial charge in [-0.3, -0.25) is 9.69 Å². The molecular formula is C14H25N3O. The van der Waals surface area contributed by atoms with Crippen LogP contribution in [0.1, 0.15) is 38.5 Å². The van der Waals surface area contributed by atoms with Crippen molar-refractivity contribution in [1.29, 1.82) is 0 Å². The normalized spacial score (nSPS) is 34.1. The molecular weight excluding hydrogens is 226 g/mol. The smallest absolute Gasteiger partial charge is 0.239 e. The first-order valence-corrected chi connectivity index (χ1v) is 7.61. The molecule has 0 bridgehead atoms. The number of carbonyl (C=O) groups excluding carboxylic acids is 1. The molecule has 3 heterocycles. The minimum Gasteiger partial charge on any atom is -0.340 e. The second-order valence-electron chi connectivity index (χ2n) is 5.97. The van der Waals surface area contributed by atoms with Crippen LogP contribution in [-0.4, -0.2) is 60.5 Å². The van der Waals surface area contributed by atoms with Crippen molar-refractivity contribution in [1.82, 2.24) is 15.1 Å². The van der Waals surface area contributed by atoms with Gasteiger partial charge in [0.1, 0.15) is 0 Å². The van der Waals surface area contributed by atoms with Crippen LogP contribution in [0.5, 0.6) is 0 Å². The van der Waals surface area contributed by atoms with Gasteiger partial charge in [0.25, 0.3) is 0 Å². The van der Waals surface area contributed by atoms with E-state index in [1.54, 1.807) is 0 Å². The van der Waals surface area contributed by atoms with E-state index in [0.717, 1.165) is 32.5 Å². The van der Waals surface area contributed by atoms with Crippen molar-refractivity contribution in [3.63, 3.8) is 0 Å². The fourth-order valence-corrected chi connectivity index (χ4v) is 3.68. The minimum absolute atomic E-state index is 0.113. The van der Waals surface area contributed by atoms with Crippen LogP contribution in [0.2, 0.25) is 0 Å². The molecule has 3 fully saturated rings. The number of nitrogens with zero attached hydrogens (tertiary/aromatic N) is 2. The average molecular weight is 251 g/mol. The van der Waals surface area contributed by atoms with E-state index in [-0.39, 0.29) is 6.04 Å². The molecule has 1 amide bonds. The molecule has 3 saturated heterocycles. The van der Waals surface area contributed by atoms with Crippen molar-refractivity contribution in [3.05, 3.63) is 0 Å². The van der Waals surface area contributed by atoms with Gasteiger partial charge in [0.05, 0.1) is 6.04 Å². The average Bonchev–Trinajstić information content (AvgIpc) is 3.11. The number of likely N-dealkylation sites (tertiary alicyclic amines) is 2. The Morgan fingerprint density at radius 2 is 1.83 bits per heavy atom. The molecule has 0 saturated carbocycles. The molecule has 0 spiro atoms. The number of amides is 1. The maximum absolute atomic E-state index is 12.4. The highest BCUT2D eigenvalue weighted by molar-refractivity contribution is 5.82. The molecule has 2 atom stereocenters. The number of piperidine rings is 1. The van der Waals surface area contributed by atoms with Crippen LogP contribution in [-0.2, 0) is 4.79 Å². The van der Waals surface area contributed by atoms with E-state index in [1.807, 2.05) is 0 Å². The van der Waals surface area contributed by atoms with Gasteiger partial charge in [0.2, 0.25) is 5.91 Å². The quantitative estimate of drug-likeness (QED) is 0.789. The zero-order chi connectivity index (χ0) is 12.4. The van der Waals surface area contributed by atoms with Gasteiger partial charge in [-0.2, -0.15) is 0 Å². The Morgan fingerprint density at radius 3 is 2.56 bits per heavy atom. The van der Waals surface area contributed by atoms with E-state index < -0.39 is 0 Å². The third-order valence-corrected chi connectivity index (χ3v) is 4.72. The van der Waals surface area contributed by atoms with Gasteiger partial charge in [0.15, 0.2) is 0 Å². The third kappa shape index (κ3) is 2.54. The van der Waals surface area contributed by atoms with Crippen LogP contribution in [0.15, 0.2) is 0 Å². The van der Waals surface area contributed by atoms with Crippen LogP contribution in [0, 0.1) is 0 Å². The lowest BCUT2D eigenvalue weighted by molar-refractivity contribution is -0.135. The highest BCUT2D eigenvalue weighted by Gasteiger charge is 2.32. The summed E-state index contributed by atoms with van der Waals surface area (Å²) in [7, 11) is 0. The number of rotatable bonds is 2. The molecule has 4 heteroatoms. The molecule has 3 aliphatic heterocycles. The SMILES string of the molecule is O=C([C@@H]1CCCN1)N1CCCC(N2CCCC2)C1. The van der Waals surface area contributed by atoms with Crippen molar-refractivity contribution in [3.8, 4) is 0 Å². The van der Waals surface area contributed by atoms with Gasteiger partial charge in [-0.1, -0.05) is 0 Å². The zero-order valence-corrected chi connectivity index (χ0v) is 11.2. The summed E-state index contributed by atoms with van der Waals surface area (Å²) in [6.45, 7) is 5.45. The summed E-state index contributed by atoms with van der Waals surface area (Å²) < 4.78 is 0. The monoisotopic (exact) mass is 251 g/mol. The van der Waals surface area contributed by atoms with Crippen molar-refractivity contribution < 1.29 is 4.79 Å². The van der Waals surface area contributed by atoms with Gasteiger partial charge in [-0.25, -0.2) is 0 Å². The predicted octanol–water partition coefficient (Wildman–Crippen LogP) is 0.825. The van der Waals surface area contributed by atoms with Gasteiger partial charge in [0, 0.05) is 19.1 Å². The molecule has 0 aliphatic carbocycles. The summed E-state index contributed by atoms with van der Waals surface area (Å²) >= 11 is 0. The summed E-state index contributed by atoms with van der Waals surface area (Å²) in [5.41, 5.74) is 0. The first-order chi connectivity index (χ1) is 8.84. The third-order valence-electron chi connectivity index (χ3n) is 4.72. The first-order valence-electron chi connectivity index (χ1n) is 7.61. The maximum Gasteiger partial charge on any atom is 0.239 e. The lowest BCUT2D eigenvalue weighted by atomic mass is 10.0. The topological polar surface area (TPSA) is 35.6 Å². The van der Waals surface area contributed by atoms with E-state index in [4.69, 9.17) is 0 Å². The molecule has 0 aromatic rings. The van der Waals surface area contributed by atoms with Gasteiger partial charge in [-0.15, -0.1) is 0 Å².